The second-order valence-corrected chi connectivity index (χ2v) is 4.85. The van der Waals surface area contributed by atoms with Crippen LogP contribution in [0.1, 0.15) is 38.7 Å². The van der Waals surface area contributed by atoms with Crippen LogP contribution in [0.3, 0.4) is 0 Å². The Kier molecular flexibility index (Phi) is 7.91. The van der Waals surface area contributed by atoms with Gasteiger partial charge < -0.3 is 10.6 Å². The third-order valence-electron chi connectivity index (χ3n) is 3.30. The van der Waals surface area contributed by atoms with Crippen LogP contribution < -0.4 is 10.6 Å². The minimum absolute atomic E-state index is 0.105. The van der Waals surface area contributed by atoms with E-state index in [1.54, 1.807) is 0 Å². The van der Waals surface area contributed by atoms with Gasteiger partial charge in [0.1, 0.15) is 0 Å². The quantitative estimate of drug-likeness (QED) is 0.671. The molecule has 0 aliphatic heterocycles. The van der Waals surface area contributed by atoms with Crippen LogP contribution in [-0.4, -0.2) is 25.0 Å². The molecule has 0 spiro atoms. The van der Waals surface area contributed by atoms with Gasteiger partial charge in [-0.2, -0.15) is 0 Å². The second-order valence-electron chi connectivity index (χ2n) is 4.85. The lowest BCUT2D eigenvalue weighted by Crippen LogP contribution is -2.40. The number of rotatable bonds is 9. The third-order valence-corrected chi connectivity index (χ3v) is 3.30. The largest absolute Gasteiger partial charge is 0.352 e. The van der Waals surface area contributed by atoms with E-state index in [4.69, 9.17) is 0 Å². The van der Waals surface area contributed by atoms with Crippen LogP contribution in [0.25, 0.3) is 0 Å². The van der Waals surface area contributed by atoms with Gasteiger partial charge in [0.05, 0.1) is 6.54 Å². The molecule has 19 heavy (non-hydrogen) atoms. The van der Waals surface area contributed by atoms with Gasteiger partial charge in [0.2, 0.25) is 5.91 Å². The summed E-state index contributed by atoms with van der Waals surface area (Å²) in [6, 6.07) is 10.7. The van der Waals surface area contributed by atoms with Crippen molar-refractivity contribution < 1.29 is 4.79 Å². The normalized spacial score (nSPS) is 10.7. The lowest BCUT2D eigenvalue weighted by atomic mass is 10.1. The highest BCUT2D eigenvalue weighted by atomic mass is 16.1. The number of amides is 1. The Morgan fingerprint density at radius 1 is 1.16 bits per heavy atom. The number of carbonyl (C=O) groups excluding carboxylic acids is 1. The zero-order valence-corrected chi connectivity index (χ0v) is 12.1. The number of hydrogen-bond acceptors (Lipinski definition) is 2. The average molecular weight is 262 g/mol. The fourth-order valence-corrected chi connectivity index (χ4v) is 2.04. The molecule has 0 aromatic heterocycles. The zero-order chi connectivity index (χ0) is 13.9. The molecule has 1 amide bonds. The molecule has 0 fully saturated rings. The van der Waals surface area contributed by atoms with Crippen molar-refractivity contribution in [1.29, 1.82) is 0 Å². The topological polar surface area (TPSA) is 41.1 Å². The molecule has 0 aliphatic carbocycles. The Balaban J connectivity index is 2.06. The van der Waals surface area contributed by atoms with Crippen molar-refractivity contribution in [3.63, 3.8) is 0 Å². The first kappa shape index (κ1) is 15.7. The second kappa shape index (κ2) is 9.56. The van der Waals surface area contributed by atoms with Crippen molar-refractivity contribution in [2.75, 3.05) is 13.1 Å². The zero-order valence-electron chi connectivity index (χ0n) is 12.1. The highest BCUT2D eigenvalue weighted by molar-refractivity contribution is 5.78. The molecule has 1 rings (SSSR count). The van der Waals surface area contributed by atoms with Gasteiger partial charge in [0.15, 0.2) is 0 Å². The van der Waals surface area contributed by atoms with Crippen LogP contribution in [-0.2, 0) is 11.2 Å². The number of benzene rings is 1. The van der Waals surface area contributed by atoms with Crippen molar-refractivity contribution >= 4 is 5.91 Å². The molecule has 0 aliphatic rings. The van der Waals surface area contributed by atoms with Crippen molar-refractivity contribution in [2.24, 2.45) is 0 Å². The summed E-state index contributed by atoms with van der Waals surface area (Å²) >= 11 is 0. The van der Waals surface area contributed by atoms with Gasteiger partial charge in [-0.05, 0) is 37.8 Å². The van der Waals surface area contributed by atoms with E-state index in [0.29, 0.717) is 12.6 Å². The van der Waals surface area contributed by atoms with E-state index < -0.39 is 0 Å². The molecule has 1 aromatic carbocycles. The van der Waals surface area contributed by atoms with Crippen LogP contribution in [0.4, 0.5) is 0 Å². The minimum Gasteiger partial charge on any atom is -0.352 e. The summed E-state index contributed by atoms with van der Waals surface area (Å²) < 4.78 is 0. The molecule has 0 saturated heterocycles. The third kappa shape index (κ3) is 6.97. The summed E-state index contributed by atoms with van der Waals surface area (Å²) in [6.45, 7) is 5.50. The molecule has 0 radical (unpaired) electrons. The van der Waals surface area contributed by atoms with Gasteiger partial charge in [-0.25, -0.2) is 0 Å². The molecule has 3 nitrogen and oxygen atoms in total. The summed E-state index contributed by atoms with van der Waals surface area (Å²) in [6.07, 6.45) is 4.11. The molecule has 106 valence electrons. The molecular formula is C16H26N2O. The smallest absolute Gasteiger partial charge is 0.234 e. The van der Waals surface area contributed by atoms with Crippen LogP contribution in [0, 0.1) is 0 Å². The summed E-state index contributed by atoms with van der Waals surface area (Å²) in [4.78, 5) is 11.6. The van der Waals surface area contributed by atoms with Crippen molar-refractivity contribution in [2.45, 2.75) is 45.6 Å². The molecule has 2 N–H and O–H groups in total. The van der Waals surface area contributed by atoms with E-state index in [9.17, 15) is 4.79 Å². The maximum atomic E-state index is 11.6. The first-order valence-corrected chi connectivity index (χ1v) is 7.30. The fourth-order valence-electron chi connectivity index (χ4n) is 2.04. The van der Waals surface area contributed by atoms with Crippen LogP contribution >= 0.6 is 0 Å². The van der Waals surface area contributed by atoms with Gasteiger partial charge >= 0.3 is 0 Å². The van der Waals surface area contributed by atoms with E-state index in [0.717, 1.165) is 32.2 Å². The molecule has 0 atom stereocenters. The number of carbonyl (C=O) groups is 1. The monoisotopic (exact) mass is 262 g/mol. The maximum Gasteiger partial charge on any atom is 0.234 e. The number of hydrogen-bond donors (Lipinski definition) is 2. The summed E-state index contributed by atoms with van der Waals surface area (Å²) in [5.41, 5.74) is 1.35. The van der Waals surface area contributed by atoms with Gasteiger partial charge in [-0.15, -0.1) is 0 Å². The molecule has 1 aromatic rings. The van der Waals surface area contributed by atoms with Crippen molar-refractivity contribution in [3.8, 4) is 0 Å². The Labute approximate surface area is 116 Å². The lowest BCUT2D eigenvalue weighted by Gasteiger charge is -2.14. The minimum atomic E-state index is 0.105. The Hall–Kier alpha value is -1.35. The van der Waals surface area contributed by atoms with Gasteiger partial charge in [-0.1, -0.05) is 44.2 Å². The molecule has 0 unspecified atom stereocenters. The highest BCUT2D eigenvalue weighted by Crippen LogP contribution is 2.01. The van der Waals surface area contributed by atoms with Crippen molar-refractivity contribution in [3.05, 3.63) is 35.9 Å². The Morgan fingerprint density at radius 3 is 2.47 bits per heavy atom. The fraction of sp³-hybridized carbons (Fsp3) is 0.562. The van der Waals surface area contributed by atoms with Gasteiger partial charge in [0, 0.05) is 6.04 Å². The average Bonchev–Trinajstić information content (AvgIpc) is 2.45. The molecule has 0 heterocycles. The summed E-state index contributed by atoms with van der Waals surface area (Å²) in [5, 5.41) is 6.22. The van der Waals surface area contributed by atoms with E-state index >= 15 is 0 Å². The molecule has 3 heteroatoms. The van der Waals surface area contributed by atoms with Crippen LogP contribution in [0.2, 0.25) is 0 Å². The Bertz CT molecular complexity index is 347. The molecule has 0 bridgehead atoms. The van der Waals surface area contributed by atoms with Crippen LogP contribution in [0.5, 0.6) is 0 Å². The van der Waals surface area contributed by atoms with Crippen LogP contribution in [0.15, 0.2) is 30.3 Å². The lowest BCUT2D eigenvalue weighted by molar-refractivity contribution is -0.121. The SMILES string of the molecule is CCC(CC)NC(=O)CNCCCc1ccccc1. The number of aryl methyl sites for hydroxylation is 1. The van der Waals surface area contributed by atoms with Gasteiger partial charge in [-0.3, -0.25) is 4.79 Å². The van der Waals surface area contributed by atoms with Crippen molar-refractivity contribution in [1.82, 2.24) is 10.6 Å². The standard InChI is InChI=1S/C16H26N2O/c1-3-15(4-2)18-16(19)13-17-12-8-11-14-9-6-5-7-10-14/h5-7,9-10,15,17H,3-4,8,11-13H2,1-2H3,(H,18,19). The predicted octanol–water partition coefficient (Wildman–Crippen LogP) is 2.51. The first-order chi connectivity index (χ1) is 9.26. The summed E-state index contributed by atoms with van der Waals surface area (Å²) in [5.74, 6) is 0.105. The number of nitrogens with one attached hydrogen (secondary N) is 2. The van der Waals surface area contributed by atoms with E-state index in [2.05, 4.69) is 48.7 Å². The predicted molar refractivity (Wildman–Crippen MR) is 80.1 cm³/mol. The molecule has 0 saturated carbocycles. The van der Waals surface area contributed by atoms with Gasteiger partial charge in [0.25, 0.3) is 0 Å². The van der Waals surface area contributed by atoms with E-state index in [1.807, 2.05) is 6.07 Å². The maximum absolute atomic E-state index is 11.6. The first-order valence-electron chi connectivity index (χ1n) is 7.30. The van der Waals surface area contributed by atoms with E-state index in [-0.39, 0.29) is 5.91 Å². The Morgan fingerprint density at radius 2 is 1.84 bits per heavy atom. The van der Waals surface area contributed by atoms with E-state index in [1.165, 1.54) is 5.56 Å². The summed E-state index contributed by atoms with van der Waals surface area (Å²) in [7, 11) is 0. The molecular weight excluding hydrogens is 236 g/mol. The highest BCUT2D eigenvalue weighted by Gasteiger charge is 2.06.